The fourth-order valence-corrected chi connectivity index (χ4v) is 5.27. The molecule has 1 aliphatic heterocycles. The maximum atomic E-state index is 13.2. The molecule has 8 nitrogen and oxygen atoms in total. The number of nitrogens with zero attached hydrogens (tertiary/aromatic N) is 2. The highest BCUT2D eigenvalue weighted by Crippen LogP contribution is 2.29. The summed E-state index contributed by atoms with van der Waals surface area (Å²) in [6.07, 6.45) is 1.16. The number of nitrogens with one attached hydrogen (secondary N) is 3. The summed E-state index contributed by atoms with van der Waals surface area (Å²) in [5, 5.41) is 9.80. The number of hydrogen-bond donors (Lipinski definition) is 3. The van der Waals surface area contributed by atoms with Crippen LogP contribution in [0, 0.1) is 0 Å². The molecule has 11 heteroatoms. The van der Waals surface area contributed by atoms with E-state index < -0.39 is 5.50 Å². The molecule has 0 radical (unpaired) electrons. The quantitative estimate of drug-likeness (QED) is 0.198. The van der Waals surface area contributed by atoms with E-state index in [1.807, 2.05) is 32.0 Å². The molecule has 3 aromatic carbocycles. The Morgan fingerprint density at radius 2 is 1.55 bits per heavy atom. The van der Waals surface area contributed by atoms with Crippen molar-refractivity contribution >= 4 is 64.0 Å². The van der Waals surface area contributed by atoms with Crippen LogP contribution in [0.15, 0.2) is 66.7 Å². The van der Waals surface area contributed by atoms with Gasteiger partial charge in [0.2, 0.25) is 0 Å². The number of carbonyl (C=O) groups excluding carboxylic acids is 3. The lowest BCUT2D eigenvalue weighted by Crippen LogP contribution is -2.44. The summed E-state index contributed by atoms with van der Waals surface area (Å²) in [5.41, 5.74) is 2.22. The molecule has 4 rings (SSSR count). The number of amides is 4. The van der Waals surface area contributed by atoms with Crippen LogP contribution in [0.2, 0.25) is 10.0 Å². The molecule has 42 heavy (non-hydrogen) atoms. The molecule has 0 aromatic heterocycles. The van der Waals surface area contributed by atoms with Gasteiger partial charge in [0, 0.05) is 59.8 Å². The highest BCUT2D eigenvalue weighted by Gasteiger charge is 2.23. The third-order valence-corrected chi connectivity index (χ3v) is 7.50. The molecule has 0 saturated carbocycles. The van der Waals surface area contributed by atoms with Crippen LogP contribution < -0.4 is 20.9 Å². The minimum absolute atomic E-state index is 0.0441. The van der Waals surface area contributed by atoms with E-state index in [0.29, 0.717) is 59.5 Å². The summed E-state index contributed by atoms with van der Waals surface area (Å²) in [5.74, 6) is -0.733. The Morgan fingerprint density at radius 3 is 2.26 bits per heavy atom. The van der Waals surface area contributed by atoms with Crippen LogP contribution in [0.4, 0.5) is 16.2 Å². The van der Waals surface area contributed by atoms with Gasteiger partial charge in [0.15, 0.2) is 0 Å². The first kappa shape index (κ1) is 31.5. The summed E-state index contributed by atoms with van der Waals surface area (Å²) in [6.45, 7) is 6.22. The number of alkyl halides is 1. The Bertz CT molecular complexity index is 1420. The Kier molecular flexibility index (Phi) is 11.0. The summed E-state index contributed by atoms with van der Waals surface area (Å²) < 4.78 is 0. The molecule has 1 heterocycles. The van der Waals surface area contributed by atoms with Crippen molar-refractivity contribution in [3.05, 3.63) is 93.5 Å². The Balaban J connectivity index is 1.55. The van der Waals surface area contributed by atoms with Crippen LogP contribution >= 0.6 is 34.8 Å². The van der Waals surface area contributed by atoms with Gasteiger partial charge in [-0.3, -0.25) is 9.59 Å². The van der Waals surface area contributed by atoms with Crippen molar-refractivity contribution in [1.29, 1.82) is 0 Å². The van der Waals surface area contributed by atoms with Gasteiger partial charge in [-0.05, 0) is 74.4 Å². The molecule has 0 spiro atoms. The van der Waals surface area contributed by atoms with Crippen LogP contribution in [0.1, 0.15) is 46.5 Å². The molecule has 1 atom stereocenters. The van der Waals surface area contributed by atoms with Crippen molar-refractivity contribution in [1.82, 2.24) is 15.5 Å². The van der Waals surface area contributed by atoms with Gasteiger partial charge in [-0.2, -0.15) is 0 Å². The zero-order valence-electron chi connectivity index (χ0n) is 23.5. The highest BCUT2D eigenvalue weighted by molar-refractivity contribution is 6.31. The van der Waals surface area contributed by atoms with Gasteiger partial charge in [0.1, 0.15) is 5.50 Å². The van der Waals surface area contributed by atoms with Crippen LogP contribution in [0.3, 0.4) is 0 Å². The lowest BCUT2D eigenvalue weighted by molar-refractivity contribution is 0.0947. The lowest BCUT2D eigenvalue weighted by atomic mass is 10.1. The Morgan fingerprint density at radius 1 is 0.810 bits per heavy atom. The third kappa shape index (κ3) is 8.77. The van der Waals surface area contributed by atoms with E-state index in [9.17, 15) is 14.4 Å². The number of anilines is 2. The second-order valence-electron chi connectivity index (χ2n) is 10.4. The number of benzene rings is 3. The Labute approximate surface area is 261 Å². The standard InChI is InChI=1S/C31H34Cl3N5O3/c1-20(2)35-31(42)39-14-4-13-38(15-16-39)27-12-9-23(19-26(27)36-29(40)22-5-3-6-25(33)18-22)30(41)37-28(34)17-21-7-10-24(32)11-8-21/h3,5-12,18-20,28H,4,13-17H2,1-2H3,(H,35,42)(H,36,40)(H,37,41). The van der Waals surface area contributed by atoms with Crippen LogP contribution in [0.25, 0.3) is 0 Å². The SMILES string of the molecule is CC(C)NC(=O)N1CCCN(c2ccc(C(=O)NC(Cl)Cc3ccc(Cl)cc3)cc2NC(=O)c2cccc(Cl)c2)CC1. The van der Waals surface area contributed by atoms with Crippen LogP contribution in [-0.2, 0) is 6.42 Å². The summed E-state index contributed by atoms with van der Waals surface area (Å²) in [4.78, 5) is 42.9. The van der Waals surface area contributed by atoms with Crippen molar-refractivity contribution in [2.24, 2.45) is 0 Å². The zero-order valence-corrected chi connectivity index (χ0v) is 25.8. The molecule has 1 fully saturated rings. The molecule has 222 valence electrons. The maximum absolute atomic E-state index is 13.2. The average Bonchev–Trinajstić information content (AvgIpc) is 3.20. The fraction of sp³-hybridized carbons (Fsp3) is 0.323. The van der Waals surface area contributed by atoms with E-state index in [1.54, 1.807) is 53.4 Å². The van der Waals surface area contributed by atoms with Crippen molar-refractivity contribution in [2.45, 2.75) is 38.2 Å². The monoisotopic (exact) mass is 629 g/mol. The van der Waals surface area contributed by atoms with E-state index in [4.69, 9.17) is 34.8 Å². The number of urea groups is 1. The molecule has 4 amide bonds. The van der Waals surface area contributed by atoms with Gasteiger partial charge in [-0.15, -0.1) is 0 Å². The van der Waals surface area contributed by atoms with Gasteiger partial charge in [0.05, 0.1) is 11.4 Å². The lowest BCUT2D eigenvalue weighted by Gasteiger charge is -2.27. The molecule has 0 bridgehead atoms. The first-order valence-electron chi connectivity index (χ1n) is 13.8. The zero-order chi connectivity index (χ0) is 30.2. The van der Waals surface area contributed by atoms with E-state index in [-0.39, 0.29) is 23.9 Å². The number of hydrogen-bond acceptors (Lipinski definition) is 4. The molecular weight excluding hydrogens is 597 g/mol. The van der Waals surface area contributed by atoms with Crippen molar-refractivity contribution in [3.8, 4) is 0 Å². The van der Waals surface area contributed by atoms with Gasteiger partial charge < -0.3 is 25.8 Å². The molecule has 1 saturated heterocycles. The summed E-state index contributed by atoms with van der Waals surface area (Å²) in [6, 6.07) is 19.0. The van der Waals surface area contributed by atoms with E-state index in [0.717, 1.165) is 17.7 Å². The third-order valence-electron chi connectivity index (χ3n) is 6.75. The topological polar surface area (TPSA) is 93.8 Å². The largest absolute Gasteiger partial charge is 0.368 e. The Hall–Kier alpha value is -3.46. The summed E-state index contributed by atoms with van der Waals surface area (Å²) >= 11 is 18.5. The van der Waals surface area contributed by atoms with Gasteiger partial charge in [-0.1, -0.05) is 53.0 Å². The smallest absolute Gasteiger partial charge is 0.317 e. The molecule has 1 unspecified atom stereocenters. The summed E-state index contributed by atoms with van der Waals surface area (Å²) in [7, 11) is 0. The normalized spacial score (nSPS) is 14.2. The van der Waals surface area contributed by atoms with Gasteiger partial charge in [-0.25, -0.2) is 4.79 Å². The molecular formula is C31H34Cl3N5O3. The predicted octanol–water partition coefficient (Wildman–Crippen LogP) is 6.41. The predicted molar refractivity (Wildman–Crippen MR) is 170 cm³/mol. The number of carbonyl (C=O) groups is 3. The van der Waals surface area contributed by atoms with Crippen molar-refractivity contribution < 1.29 is 14.4 Å². The molecule has 3 N–H and O–H groups in total. The van der Waals surface area contributed by atoms with Crippen molar-refractivity contribution in [2.75, 3.05) is 36.4 Å². The second kappa shape index (κ2) is 14.6. The van der Waals surface area contributed by atoms with Crippen LogP contribution in [-0.4, -0.2) is 60.5 Å². The second-order valence-corrected chi connectivity index (χ2v) is 11.8. The van der Waals surface area contributed by atoms with E-state index >= 15 is 0 Å². The maximum Gasteiger partial charge on any atom is 0.317 e. The van der Waals surface area contributed by atoms with Gasteiger partial charge in [0.25, 0.3) is 11.8 Å². The van der Waals surface area contributed by atoms with E-state index in [2.05, 4.69) is 20.9 Å². The first-order valence-corrected chi connectivity index (χ1v) is 15.0. The average molecular weight is 631 g/mol. The minimum Gasteiger partial charge on any atom is -0.368 e. The molecule has 0 aliphatic carbocycles. The van der Waals surface area contributed by atoms with Crippen LogP contribution in [0.5, 0.6) is 0 Å². The number of rotatable bonds is 8. The van der Waals surface area contributed by atoms with Gasteiger partial charge >= 0.3 is 6.03 Å². The van der Waals surface area contributed by atoms with Crippen molar-refractivity contribution in [3.63, 3.8) is 0 Å². The van der Waals surface area contributed by atoms with E-state index in [1.165, 1.54) is 0 Å². The molecule has 1 aliphatic rings. The highest BCUT2D eigenvalue weighted by atomic mass is 35.5. The number of halogens is 3. The fourth-order valence-electron chi connectivity index (χ4n) is 4.68. The first-order chi connectivity index (χ1) is 20.1. The molecule has 3 aromatic rings. The minimum atomic E-state index is -0.656.